The number of imidazole rings is 1. The van der Waals surface area contributed by atoms with Gasteiger partial charge in [-0.1, -0.05) is 11.6 Å². The van der Waals surface area contributed by atoms with Gasteiger partial charge in [0.25, 0.3) is 0 Å². The van der Waals surface area contributed by atoms with Crippen molar-refractivity contribution >= 4 is 28.6 Å². The van der Waals surface area contributed by atoms with Gasteiger partial charge in [-0.05, 0) is 36.8 Å². The normalized spacial score (nSPS) is 11.1. The van der Waals surface area contributed by atoms with Crippen LogP contribution in [0.5, 0.6) is 0 Å². The van der Waals surface area contributed by atoms with E-state index in [1.165, 1.54) is 5.56 Å². The first-order valence-corrected chi connectivity index (χ1v) is 6.13. The van der Waals surface area contributed by atoms with Crippen LogP contribution in [0.3, 0.4) is 0 Å². The summed E-state index contributed by atoms with van der Waals surface area (Å²) in [7, 11) is 0. The van der Waals surface area contributed by atoms with Crippen molar-refractivity contribution in [2.45, 2.75) is 6.92 Å². The number of nitrogens with zero attached hydrogens (tertiary/aromatic N) is 2. The number of thiophene rings is 1. The van der Waals surface area contributed by atoms with Gasteiger partial charge in [-0.3, -0.25) is 0 Å². The molecule has 3 aromatic rings. The molecule has 0 fully saturated rings. The maximum absolute atomic E-state index is 5.92. The third kappa shape index (κ3) is 1.62. The topological polar surface area (TPSA) is 17.3 Å². The fourth-order valence-corrected chi connectivity index (χ4v) is 2.65. The molecule has 0 spiro atoms. The molecule has 0 aliphatic heterocycles. The number of rotatable bonds is 1. The molecule has 0 aliphatic carbocycles. The molecule has 16 heavy (non-hydrogen) atoms. The molecule has 80 valence electrons. The third-order valence-electron chi connectivity index (χ3n) is 2.44. The van der Waals surface area contributed by atoms with E-state index in [4.69, 9.17) is 11.6 Å². The van der Waals surface area contributed by atoms with Gasteiger partial charge in [-0.2, -0.15) is 0 Å². The van der Waals surface area contributed by atoms with E-state index in [1.54, 1.807) is 11.3 Å². The molecule has 0 saturated carbocycles. The first-order chi connectivity index (χ1) is 7.72. The van der Waals surface area contributed by atoms with E-state index in [0.717, 1.165) is 20.6 Å². The number of fused-ring (bicyclic) bond motifs is 1. The van der Waals surface area contributed by atoms with E-state index in [9.17, 15) is 0 Å². The summed E-state index contributed by atoms with van der Waals surface area (Å²) < 4.78 is 2.82. The van der Waals surface area contributed by atoms with Crippen molar-refractivity contribution in [3.63, 3.8) is 0 Å². The average Bonchev–Trinajstić information content (AvgIpc) is 2.83. The number of pyridine rings is 1. The molecule has 0 aromatic carbocycles. The fraction of sp³-hybridized carbons (Fsp3) is 0.0833. The van der Waals surface area contributed by atoms with E-state index >= 15 is 0 Å². The Kier molecular flexibility index (Phi) is 2.23. The van der Waals surface area contributed by atoms with E-state index in [1.807, 2.05) is 28.9 Å². The maximum Gasteiger partial charge on any atom is 0.137 e. The Labute approximate surface area is 102 Å². The van der Waals surface area contributed by atoms with Gasteiger partial charge < -0.3 is 4.40 Å². The van der Waals surface area contributed by atoms with Gasteiger partial charge in [0.2, 0.25) is 0 Å². The number of halogens is 1. The quantitative estimate of drug-likeness (QED) is 0.636. The molecule has 0 aliphatic rings. The Morgan fingerprint density at radius 2 is 2.19 bits per heavy atom. The molecule has 0 amide bonds. The Morgan fingerprint density at radius 3 is 2.94 bits per heavy atom. The lowest BCUT2D eigenvalue weighted by molar-refractivity contribution is 1.17. The number of aromatic nitrogens is 2. The van der Waals surface area contributed by atoms with Crippen LogP contribution in [0.1, 0.15) is 5.56 Å². The SMILES string of the molecule is Cc1ccn2cc(-c3ccc(Cl)s3)nc2c1. The van der Waals surface area contributed by atoms with Crippen LogP contribution in [-0.4, -0.2) is 9.38 Å². The van der Waals surface area contributed by atoms with Crippen LogP contribution in [0.4, 0.5) is 0 Å². The van der Waals surface area contributed by atoms with E-state index in [0.29, 0.717) is 0 Å². The van der Waals surface area contributed by atoms with E-state index < -0.39 is 0 Å². The molecule has 0 bridgehead atoms. The van der Waals surface area contributed by atoms with E-state index in [2.05, 4.69) is 24.0 Å². The summed E-state index contributed by atoms with van der Waals surface area (Å²) in [6.45, 7) is 2.07. The Balaban J connectivity index is 2.18. The largest absolute Gasteiger partial charge is 0.306 e. The Morgan fingerprint density at radius 1 is 1.31 bits per heavy atom. The minimum Gasteiger partial charge on any atom is -0.306 e. The van der Waals surface area contributed by atoms with Crippen molar-refractivity contribution in [1.82, 2.24) is 9.38 Å². The summed E-state index contributed by atoms with van der Waals surface area (Å²) >= 11 is 7.47. The molecule has 0 atom stereocenters. The van der Waals surface area contributed by atoms with Crippen molar-refractivity contribution in [2.75, 3.05) is 0 Å². The Hall–Kier alpha value is -1.32. The van der Waals surface area contributed by atoms with Crippen molar-refractivity contribution in [2.24, 2.45) is 0 Å². The smallest absolute Gasteiger partial charge is 0.137 e. The zero-order chi connectivity index (χ0) is 11.1. The van der Waals surface area contributed by atoms with Gasteiger partial charge in [0.1, 0.15) is 5.65 Å². The first-order valence-electron chi connectivity index (χ1n) is 4.93. The summed E-state index contributed by atoms with van der Waals surface area (Å²) in [4.78, 5) is 5.67. The highest BCUT2D eigenvalue weighted by Crippen LogP contribution is 2.30. The van der Waals surface area contributed by atoms with Gasteiger partial charge in [-0.25, -0.2) is 4.98 Å². The van der Waals surface area contributed by atoms with Crippen LogP contribution in [-0.2, 0) is 0 Å². The van der Waals surface area contributed by atoms with Crippen molar-refractivity contribution in [1.29, 1.82) is 0 Å². The number of hydrogen-bond acceptors (Lipinski definition) is 2. The average molecular weight is 249 g/mol. The second kappa shape index (κ2) is 3.61. The predicted octanol–water partition coefficient (Wildman–Crippen LogP) is 4.02. The maximum atomic E-state index is 5.92. The molecule has 0 N–H and O–H groups in total. The van der Waals surface area contributed by atoms with Crippen LogP contribution in [0.2, 0.25) is 4.34 Å². The van der Waals surface area contributed by atoms with Crippen molar-refractivity contribution in [3.8, 4) is 10.6 Å². The zero-order valence-electron chi connectivity index (χ0n) is 8.64. The number of hydrogen-bond donors (Lipinski definition) is 0. The highest BCUT2D eigenvalue weighted by Gasteiger charge is 2.06. The monoisotopic (exact) mass is 248 g/mol. The van der Waals surface area contributed by atoms with E-state index in [-0.39, 0.29) is 0 Å². The van der Waals surface area contributed by atoms with Gasteiger partial charge >= 0.3 is 0 Å². The lowest BCUT2D eigenvalue weighted by Gasteiger charge is -1.92. The molecule has 3 rings (SSSR count). The summed E-state index contributed by atoms with van der Waals surface area (Å²) in [5.74, 6) is 0. The Bertz CT molecular complexity index is 654. The summed E-state index contributed by atoms with van der Waals surface area (Å²) in [6.07, 6.45) is 4.05. The molecule has 2 nitrogen and oxygen atoms in total. The lowest BCUT2D eigenvalue weighted by atomic mass is 10.3. The van der Waals surface area contributed by atoms with Gasteiger partial charge in [0.05, 0.1) is 14.9 Å². The molecular weight excluding hydrogens is 240 g/mol. The van der Waals surface area contributed by atoms with Gasteiger partial charge in [-0.15, -0.1) is 11.3 Å². The molecular formula is C12H9ClN2S. The summed E-state index contributed by atoms with van der Waals surface area (Å²) in [6, 6.07) is 8.04. The molecule has 3 heterocycles. The van der Waals surface area contributed by atoms with Crippen LogP contribution in [0.25, 0.3) is 16.2 Å². The third-order valence-corrected chi connectivity index (χ3v) is 3.70. The standard InChI is InChI=1S/C12H9ClN2S/c1-8-4-5-15-7-9(14-12(15)6-8)10-2-3-11(13)16-10/h2-7H,1H3. The van der Waals surface area contributed by atoms with Crippen LogP contribution in [0, 0.1) is 6.92 Å². The highest BCUT2D eigenvalue weighted by atomic mass is 35.5. The fourth-order valence-electron chi connectivity index (χ4n) is 1.65. The summed E-state index contributed by atoms with van der Waals surface area (Å²) in [5, 5.41) is 0. The highest BCUT2D eigenvalue weighted by molar-refractivity contribution is 7.19. The van der Waals surface area contributed by atoms with Gasteiger partial charge in [0, 0.05) is 12.4 Å². The van der Waals surface area contributed by atoms with Crippen LogP contribution < -0.4 is 0 Å². The van der Waals surface area contributed by atoms with Crippen molar-refractivity contribution in [3.05, 3.63) is 46.6 Å². The van der Waals surface area contributed by atoms with Gasteiger partial charge in [0.15, 0.2) is 0 Å². The first kappa shape index (κ1) is 9.87. The zero-order valence-corrected chi connectivity index (χ0v) is 10.2. The minimum atomic E-state index is 0.795. The van der Waals surface area contributed by atoms with Crippen molar-refractivity contribution < 1.29 is 0 Å². The summed E-state index contributed by atoms with van der Waals surface area (Å²) in [5.41, 5.74) is 3.16. The molecule has 4 heteroatoms. The minimum absolute atomic E-state index is 0.795. The van der Waals surface area contributed by atoms with Crippen LogP contribution in [0.15, 0.2) is 36.7 Å². The second-order valence-corrected chi connectivity index (χ2v) is 5.41. The van der Waals surface area contributed by atoms with Crippen LogP contribution >= 0.6 is 22.9 Å². The number of aryl methyl sites for hydroxylation is 1. The lowest BCUT2D eigenvalue weighted by Crippen LogP contribution is -1.81. The molecule has 0 saturated heterocycles. The molecule has 3 aromatic heterocycles. The molecule has 0 unspecified atom stereocenters. The molecule has 0 radical (unpaired) electrons. The predicted molar refractivity (Wildman–Crippen MR) is 68.3 cm³/mol. The second-order valence-electron chi connectivity index (χ2n) is 3.70.